The van der Waals surface area contributed by atoms with Gasteiger partial charge in [0.15, 0.2) is 0 Å². The molecule has 1 aliphatic heterocycles. The van der Waals surface area contributed by atoms with Crippen LogP contribution in [0.1, 0.15) is 15.9 Å². The van der Waals surface area contributed by atoms with Gasteiger partial charge in [-0.05, 0) is 24.3 Å². The summed E-state index contributed by atoms with van der Waals surface area (Å²) in [5.74, 6) is 3.92. The monoisotopic (exact) mass is 372 g/mol. The summed E-state index contributed by atoms with van der Waals surface area (Å²) in [5.41, 5.74) is 3.05. The molecule has 0 aliphatic carbocycles. The van der Waals surface area contributed by atoms with Crippen LogP contribution in [0.15, 0.2) is 48.5 Å². The Hall–Kier alpha value is -2.97. The lowest BCUT2D eigenvalue weighted by Gasteiger charge is -2.33. The first kappa shape index (κ1) is 18.8. The van der Waals surface area contributed by atoms with E-state index >= 15 is 0 Å². The SMILES string of the molecule is NNC(=O)c1ccc(CN(C(=O)N2CCOCC2)c2ccccc2)c(F)c1. The van der Waals surface area contributed by atoms with Crippen LogP contribution in [0.4, 0.5) is 14.9 Å². The summed E-state index contributed by atoms with van der Waals surface area (Å²) in [6.07, 6.45) is 0. The van der Waals surface area contributed by atoms with Gasteiger partial charge in [0.25, 0.3) is 5.91 Å². The number of halogens is 1. The number of morpholine rings is 1. The maximum Gasteiger partial charge on any atom is 0.324 e. The second kappa shape index (κ2) is 8.61. The van der Waals surface area contributed by atoms with E-state index in [9.17, 15) is 14.0 Å². The molecule has 3 amide bonds. The molecule has 1 heterocycles. The van der Waals surface area contributed by atoms with E-state index in [2.05, 4.69) is 0 Å². The number of nitrogens with one attached hydrogen (secondary N) is 1. The number of para-hydroxylation sites is 1. The van der Waals surface area contributed by atoms with Crippen LogP contribution < -0.4 is 16.2 Å². The van der Waals surface area contributed by atoms with E-state index in [1.54, 1.807) is 17.0 Å². The van der Waals surface area contributed by atoms with E-state index in [4.69, 9.17) is 10.6 Å². The van der Waals surface area contributed by atoms with Crippen LogP contribution in [0.25, 0.3) is 0 Å². The third-order valence-electron chi connectivity index (χ3n) is 4.36. The molecule has 0 saturated carbocycles. The molecule has 0 bridgehead atoms. The van der Waals surface area contributed by atoms with Gasteiger partial charge >= 0.3 is 6.03 Å². The average molecular weight is 372 g/mol. The number of hydrazine groups is 1. The Labute approximate surface area is 156 Å². The van der Waals surface area contributed by atoms with Gasteiger partial charge < -0.3 is 9.64 Å². The van der Waals surface area contributed by atoms with Crippen molar-refractivity contribution in [1.29, 1.82) is 0 Å². The summed E-state index contributed by atoms with van der Waals surface area (Å²) in [6.45, 7) is 1.97. The van der Waals surface area contributed by atoms with Crippen molar-refractivity contribution in [3.05, 3.63) is 65.5 Å². The fourth-order valence-corrected chi connectivity index (χ4v) is 2.87. The molecule has 1 fully saturated rings. The Balaban J connectivity index is 1.87. The Kier molecular flexibility index (Phi) is 6.00. The number of ether oxygens (including phenoxy) is 1. The van der Waals surface area contributed by atoms with E-state index in [-0.39, 0.29) is 18.1 Å². The molecule has 3 rings (SSSR count). The lowest BCUT2D eigenvalue weighted by atomic mass is 10.1. The van der Waals surface area contributed by atoms with E-state index < -0.39 is 11.7 Å². The van der Waals surface area contributed by atoms with Crippen LogP contribution in [0.3, 0.4) is 0 Å². The number of hydrogen-bond acceptors (Lipinski definition) is 4. The minimum atomic E-state index is -0.579. The zero-order valence-electron chi connectivity index (χ0n) is 14.7. The van der Waals surface area contributed by atoms with E-state index in [0.717, 1.165) is 6.07 Å². The number of amides is 3. The standard InChI is InChI=1S/C19H21FN4O3/c20-17-12-14(18(25)22-21)6-7-15(17)13-24(16-4-2-1-3-5-16)19(26)23-8-10-27-11-9-23/h1-7,12H,8-11,13,21H2,(H,22,25). The second-order valence-electron chi connectivity index (χ2n) is 6.08. The first-order chi connectivity index (χ1) is 13.1. The van der Waals surface area contributed by atoms with Crippen molar-refractivity contribution in [2.24, 2.45) is 5.84 Å². The molecule has 7 nitrogen and oxygen atoms in total. The van der Waals surface area contributed by atoms with Crippen LogP contribution in [-0.2, 0) is 11.3 Å². The van der Waals surface area contributed by atoms with Crippen LogP contribution in [0.5, 0.6) is 0 Å². The van der Waals surface area contributed by atoms with Gasteiger partial charge in [-0.3, -0.25) is 15.1 Å². The zero-order valence-corrected chi connectivity index (χ0v) is 14.7. The van der Waals surface area contributed by atoms with Gasteiger partial charge in [-0.2, -0.15) is 0 Å². The molecule has 0 aromatic heterocycles. The number of nitrogens with two attached hydrogens (primary N) is 1. The summed E-state index contributed by atoms with van der Waals surface area (Å²) in [7, 11) is 0. The maximum atomic E-state index is 14.5. The van der Waals surface area contributed by atoms with Crippen molar-refractivity contribution >= 4 is 17.6 Å². The number of hydrogen-bond donors (Lipinski definition) is 2. The van der Waals surface area contributed by atoms with Crippen molar-refractivity contribution in [3.63, 3.8) is 0 Å². The summed E-state index contributed by atoms with van der Waals surface area (Å²) < 4.78 is 19.8. The highest BCUT2D eigenvalue weighted by Gasteiger charge is 2.25. The lowest BCUT2D eigenvalue weighted by molar-refractivity contribution is 0.0548. The van der Waals surface area contributed by atoms with Crippen molar-refractivity contribution in [3.8, 4) is 0 Å². The topological polar surface area (TPSA) is 87.9 Å². The molecule has 142 valence electrons. The number of anilines is 1. The van der Waals surface area contributed by atoms with Gasteiger partial charge in [0, 0.05) is 29.9 Å². The predicted octanol–water partition coefficient (Wildman–Crippen LogP) is 1.89. The third kappa shape index (κ3) is 4.42. The quantitative estimate of drug-likeness (QED) is 0.487. The van der Waals surface area contributed by atoms with E-state index in [1.165, 1.54) is 17.0 Å². The molecule has 1 aliphatic rings. The second-order valence-corrected chi connectivity index (χ2v) is 6.08. The molecule has 1 saturated heterocycles. The molecule has 8 heteroatoms. The fourth-order valence-electron chi connectivity index (χ4n) is 2.87. The van der Waals surface area contributed by atoms with Crippen molar-refractivity contribution in [2.45, 2.75) is 6.54 Å². The van der Waals surface area contributed by atoms with Crippen LogP contribution in [0, 0.1) is 5.82 Å². The summed E-state index contributed by atoms with van der Waals surface area (Å²) in [6, 6.07) is 12.9. The van der Waals surface area contributed by atoms with Crippen LogP contribution in [-0.4, -0.2) is 43.1 Å². The highest BCUT2D eigenvalue weighted by Crippen LogP contribution is 2.21. The van der Waals surface area contributed by atoms with E-state index in [1.807, 2.05) is 23.6 Å². The van der Waals surface area contributed by atoms with Gasteiger partial charge in [0.2, 0.25) is 0 Å². The lowest BCUT2D eigenvalue weighted by Crippen LogP contribution is -2.48. The zero-order chi connectivity index (χ0) is 19.2. The molecular formula is C19H21FN4O3. The molecule has 2 aromatic rings. The molecule has 0 unspecified atom stereocenters. The molecule has 27 heavy (non-hydrogen) atoms. The van der Waals surface area contributed by atoms with Gasteiger partial charge in [0.1, 0.15) is 5.82 Å². The third-order valence-corrected chi connectivity index (χ3v) is 4.36. The minimum absolute atomic E-state index is 0.0383. The minimum Gasteiger partial charge on any atom is -0.378 e. The molecule has 3 N–H and O–H groups in total. The van der Waals surface area contributed by atoms with Gasteiger partial charge in [-0.15, -0.1) is 0 Å². The van der Waals surface area contributed by atoms with Crippen molar-refractivity contribution in [2.75, 3.05) is 31.2 Å². The highest BCUT2D eigenvalue weighted by atomic mass is 19.1. The Morgan fingerprint density at radius 1 is 1.15 bits per heavy atom. The molecule has 2 aromatic carbocycles. The van der Waals surface area contributed by atoms with Gasteiger partial charge in [0.05, 0.1) is 19.8 Å². The Bertz CT molecular complexity index is 810. The maximum absolute atomic E-state index is 14.5. The summed E-state index contributed by atoms with van der Waals surface area (Å²) in [4.78, 5) is 27.8. The van der Waals surface area contributed by atoms with Crippen LogP contribution >= 0.6 is 0 Å². The Morgan fingerprint density at radius 2 is 1.85 bits per heavy atom. The van der Waals surface area contributed by atoms with Gasteiger partial charge in [-0.25, -0.2) is 15.0 Å². The van der Waals surface area contributed by atoms with E-state index in [0.29, 0.717) is 37.6 Å². The fraction of sp³-hybridized carbons (Fsp3) is 0.263. The van der Waals surface area contributed by atoms with Crippen molar-refractivity contribution < 1.29 is 18.7 Å². The predicted molar refractivity (Wildman–Crippen MR) is 98.5 cm³/mol. The number of benzene rings is 2. The molecular weight excluding hydrogens is 351 g/mol. The average Bonchev–Trinajstić information content (AvgIpc) is 2.73. The smallest absolute Gasteiger partial charge is 0.324 e. The summed E-state index contributed by atoms with van der Waals surface area (Å²) in [5, 5.41) is 0. The highest BCUT2D eigenvalue weighted by molar-refractivity contribution is 5.94. The van der Waals surface area contributed by atoms with Crippen molar-refractivity contribution in [1.82, 2.24) is 10.3 Å². The number of nitrogen functional groups attached to an aromatic ring is 1. The molecule has 0 atom stereocenters. The van der Waals surface area contributed by atoms with Gasteiger partial charge in [-0.1, -0.05) is 24.3 Å². The molecule has 0 spiro atoms. The summed E-state index contributed by atoms with van der Waals surface area (Å²) >= 11 is 0. The number of urea groups is 1. The first-order valence-corrected chi connectivity index (χ1v) is 8.59. The number of carbonyl (C=O) groups excluding carboxylic acids is 2. The Morgan fingerprint density at radius 3 is 2.48 bits per heavy atom. The number of carbonyl (C=O) groups is 2. The largest absolute Gasteiger partial charge is 0.378 e. The number of rotatable bonds is 4. The van der Waals surface area contributed by atoms with Crippen LogP contribution in [0.2, 0.25) is 0 Å². The molecule has 0 radical (unpaired) electrons. The first-order valence-electron chi connectivity index (χ1n) is 8.59. The number of nitrogens with zero attached hydrogens (tertiary/aromatic N) is 2. The normalized spacial score (nSPS) is 13.9.